The normalized spacial score (nSPS) is 11.7. The minimum Gasteiger partial charge on any atom is -0.449 e. The lowest BCUT2D eigenvalue weighted by Crippen LogP contribution is -2.35. The first kappa shape index (κ1) is 29.3. The van der Waals surface area contributed by atoms with E-state index in [9.17, 15) is 19.2 Å². The molecule has 0 aliphatic rings. The summed E-state index contributed by atoms with van der Waals surface area (Å²) in [7, 11) is 0. The number of amides is 2. The summed E-state index contributed by atoms with van der Waals surface area (Å²) in [6, 6.07) is 8.22. The van der Waals surface area contributed by atoms with E-state index in [1.807, 2.05) is 0 Å². The second kappa shape index (κ2) is 11.6. The molecule has 0 aliphatic heterocycles. The molecule has 3 aromatic rings. The number of ether oxygens (including phenoxy) is 4. The zero-order valence-electron chi connectivity index (χ0n) is 23.2. The van der Waals surface area contributed by atoms with Gasteiger partial charge in [-0.25, -0.2) is 14.4 Å². The van der Waals surface area contributed by atoms with Gasteiger partial charge in [0, 0.05) is 30.8 Å². The smallest absolute Gasteiger partial charge is 0.449 e. The Bertz CT molecular complexity index is 1390. The maximum absolute atomic E-state index is 12.7. The average molecular weight is 543 g/mol. The van der Waals surface area contributed by atoms with E-state index in [0.29, 0.717) is 17.2 Å². The number of benzene rings is 2. The molecule has 11 nitrogen and oxygen atoms in total. The Balaban J connectivity index is 1.84. The number of ketones is 1. The Morgan fingerprint density at radius 1 is 0.769 bits per heavy atom. The quantitative estimate of drug-likeness (QED) is 0.156. The second-order valence-corrected chi connectivity index (χ2v) is 10.8. The molecule has 0 spiro atoms. The summed E-state index contributed by atoms with van der Waals surface area (Å²) in [6.07, 6.45) is -1.84. The maximum atomic E-state index is 12.7. The molecular formula is C28H34N2O9. The van der Waals surface area contributed by atoms with Gasteiger partial charge in [-0.1, -0.05) is 24.3 Å². The lowest BCUT2D eigenvalue weighted by atomic mass is 10.1. The summed E-state index contributed by atoms with van der Waals surface area (Å²) in [4.78, 5) is 49.1. The molecule has 2 amide bonds. The lowest BCUT2D eigenvalue weighted by Gasteiger charge is -2.20. The van der Waals surface area contributed by atoms with Crippen molar-refractivity contribution in [3.63, 3.8) is 0 Å². The van der Waals surface area contributed by atoms with Gasteiger partial charge >= 0.3 is 18.3 Å². The highest BCUT2D eigenvalue weighted by Gasteiger charge is 2.26. The van der Waals surface area contributed by atoms with Crippen LogP contribution in [0, 0.1) is 0 Å². The fourth-order valence-corrected chi connectivity index (χ4v) is 3.53. The summed E-state index contributed by atoms with van der Waals surface area (Å²) in [5.74, 6) is -0.222. The number of Topliss-reactive ketones (excluding diaryl/α,β-unsaturated/α-hetero) is 1. The third kappa shape index (κ3) is 8.10. The van der Waals surface area contributed by atoms with Crippen LogP contribution in [0.15, 0.2) is 34.7 Å². The number of carbonyl (C=O) groups excluding carboxylic acids is 4. The fourth-order valence-electron chi connectivity index (χ4n) is 3.53. The van der Waals surface area contributed by atoms with Gasteiger partial charge in [0.15, 0.2) is 28.6 Å². The van der Waals surface area contributed by atoms with E-state index in [2.05, 4.69) is 10.6 Å². The van der Waals surface area contributed by atoms with Crippen LogP contribution in [0.3, 0.4) is 0 Å². The van der Waals surface area contributed by atoms with E-state index in [1.165, 1.54) is 13.0 Å². The zero-order chi connectivity index (χ0) is 29.0. The van der Waals surface area contributed by atoms with E-state index in [0.717, 1.165) is 0 Å². The van der Waals surface area contributed by atoms with E-state index in [1.54, 1.807) is 65.8 Å². The van der Waals surface area contributed by atoms with E-state index in [4.69, 9.17) is 23.4 Å². The minimum absolute atomic E-state index is 0.00665. The van der Waals surface area contributed by atoms with Gasteiger partial charge in [-0.15, -0.1) is 0 Å². The molecule has 2 N–H and O–H groups in total. The van der Waals surface area contributed by atoms with Crippen molar-refractivity contribution in [3.05, 3.63) is 36.1 Å². The Morgan fingerprint density at radius 3 is 1.90 bits per heavy atom. The van der Waals surface area contributed by atoms with Crippen molar-refractivity contribution in [2.75, 3.05) is 13.1 Å². The Kier molecular flexibility index (Phi) is 8.73. The average Bonchev–Trinajstić information content (AvgIpc) is 3.24. The lowest BCUT2D eigenvalue weighted by molar-refractivity contribution is 0.0209. The van der Waals surface area contributed by atoms with Crippen molar-refractivity contribution < 1.29 is 42.5 Å². The second-order valence-electron chi connectivity index (χ2n) is 10.8. The largest absolute Gasteiger partial charge is 0.514 e. The standard InChI is InChI=1S/C28H34N2O9/c1-16(31)20-15-19-21(36-24(32)29-13-10-14-30-25(33)38-27(2,3)4)17-11-8-9-12-18(17)22(23(19)35-20)37-26(34)39-28(5,6)7/h8-9,11-12,15H,10,13-14H2,1-7H3,(H,29,32)(H,30,33). The van der Waals surface area contributed by atoms with Gasteiger partial charge in [0.2, 0.25) is 0 Å². The van der Waals surface area contributed by atoms with Crippen molar-refractivity contribution >= 4 is 45.9 Å². The van der Waals surface area contributed by atoms with Gasteiger partial charge in [0.05, 0.1) is 5.39 Å². The van der Waals surface area contributed by atoms with Crippen molar-refractivity contribution in [3.8, 4) is 11.5 Å². The molecule has 11 heteroatoms. The summed E-state index contributed by atoms with van der Waals surface area (Å²) in [5, 5.41) is 6.36. The zero-order valence-corrected chi connectivity index (χ0v) is 23.2. The maximum Gasteiger partial charge on any atom is 0.514 e. The van der Waals surface area contributed by atoms with E-state index >= 15 is 0 Å². The van der Waals surface area contributed by atoms with Crippen molar-refractivity contribution in [1.29, 1.82) is 0 Å². The SMILES string of the molecule is CC(=O)c1cc2c(OC(=O)NCCCNC(=O)OC(C)(C)C)c3ccccc3c(OC(=O)OC(C)(C)C)c2o1. The Morgan fingerprint density at radius 2 is 1.33 bits per heavy atom. The fraction of sp³-hybridized carbons (Fsp3) is 0.429. The third-order valence-corrected chi connectivity index (χ3v) is 5.01. The molecule has 210 valence electrons. The summed E-state index contributed by atoms with van der Waals surface area (Å²) < 4.78 is 27.4. The van der Waals surface area contributed by atoms with Gasteiger partial charge in [-0.3, -0.25) is 4.79 Å². The van der Waals surface area contributed by atoms with Gasteiger partial charge in [0.1, 0.15) is 11.2 Å². The third-order valence-electron chi connectivity index (χ3n) is 5.01. The molecule has 2 aromatic carbocycles. The number of alkyl carbamates (subject to hydrolysis) is 1. The van der Waals surface area contributed by atoms with Crippen LogP contribution in [0.4, 0.5) is 14.4 Å². The van der Waals surface area contributed by atoms with Crippen molar-refractivity contribution in [2.24, 2.45) is 0 Å². The number of nitrogens with one attached hydrogen (secondary N) is 2. The van der Waals surface area contributed by atoms with E-state index < -0.39 is 29.5 Å². The summed E-state index contributed by atoms with van der Waals surface area (Å²) in [5.41, 5.74) is -1.36. The highest BCUT2D eigenvalue weighted by Crippen LogP contribution is 2.44. The number of fused-ring (bicyclic) bond motifs is 2. The van der Waals surface area contributed by atoms with Crippen LogP contribution in [0.25, 0.3) is 21.7 Å². The monoisotopic (exact) mass is 542 g/mol. The van der Waals surface area contributed by atoms with Gasteiger partial charge in [-0.2, -0.15) is 0 Å². The van der Waals surface area contributed by atoms with Gasteiger partial charge < -0.3 is 34.0 Å². The Hall–Kier alpha value is -4.28. The molecule has 0 saturated heterocycles. The highest BCUT2D eigenvalue weighted by atomic mass is 16.7. The molecule has 0 saturated carbocycles. The van der Waals surface area contributed by atoms with Crippen LogP contribution >= 0.6 is 0 Å². The van der Waals surface area contributed by atoms with Crippen LogP contribution in [-0.2, 0) is 9.47 Å². The number of rotatable bonds is 7. The van der Waals surface area contributed by atoms with Crippen molar-refractivity contribution in [1.82, 2.24) is 10.6 Å². The molecule has 1 aromatic heterocycles. The molecule has 0 radical (unpaired) electrons. The molecule has 0 aliphatic carbocycles. The van der Waals surface area contributed by atoms with Gasteiger partial charge in [-0.05, 0) is 54.0 Å². The molecule has 0 fully saturated rings. The molecule has 3 rings (SSSR count). The minimum atomic E-state index is -0.957. The van der Waals surface area contributed by atoms with Gasteiger partial charge in [0.25, 0.3) is 0 Å². The topological polar surface area (TPSA) is 142 Å². The Labute approximate surface area is 226 Å². The molecule has 0 atom stereocenters. The summed E-state index contributed by atoms with van der Waals surface area (Å²) in [6.45, 7) is 12.2. The van der Waals surface area contributed by atoms with Crippen LogP contribution < -0.4 is 20.1 Å². The summed E-state index contributed by atoms with van der Waals surface area (Å²) >= 11 is 0. The first-order valence-electron chi connectivity index (χ1n) is 12.5. The van der Waals surface area contributed by atoms with Crippen LogP contribution in [0.5, 0.6) is 11.5 Å². The van der Waals surface area contributed by atoms with Crippen LogP contribution in [-0.4, -0.2) is 48.4 Å². The van der Waals surface area contributed by atoms with Crippen molar-refractivity contribution in [2.45, 2.75) is 66.1 Å². The molecular weight excluding hydrogens is 508 g/mol. The van der Waals surface area contributed by atoms with Crippen LogP contribution in [0.1, 0.15) is 65.4 Å². The van der Waals surface area contributed by atoms with E-state index in [-0.39, 0.29) is 47.1 Å². The highest BCUT2D eigenvalue weighted by molar-refractivity contribution is 6.12. The molecule has 1 heterocycles. The first-order valence-corrected chi connectivity index (χ1v) is 12.5. The molecule has 39 heavy (non-hydrogen) atoms. The first-order chi connectivity index (χ1) is 18.1. The van der Waals surface area contributed by atoms with Crippen LogP contribution in [0.2, 0.25) is 0 Å². The predicted molar refractivity (Wildman–Crippen MR) is 143 cm³/mol. The number of carbonyl (C=O) groups is 4. The molecule has 0 bridgehead atoms. The number of furan rings is 1. The molecule has 0 unspecified atom stereocenters. The number of hydrogen-bond donors (Lipinski definition) is 2. The predicted octanol–water partition coefficient (Wildman–Crippen LogP) is 6.11. The number of hydrogen-bond acceptors (Lipinski definition) is 9.